The maximum atomic E-state index is 12.2. The number of hydrogen-bond donors (Lipinski definition) is 2. The maximum Gasteiger partial charge on any atom is 0.315 e. The molecule has 1 saturated heterocycles. The lowest BCUT2D eigenvalue weighted by Gasteiger charge is -2.24. The average Bonchev–Trinajstić information content (AvgIpc) is 3.44. The van der Waals surface area contributed by atoms with E-state index in [-0.39, 0.29) is 12.1 Å². The number of carbonyl (C=O) groups excluding carboxylic acids is 1. The van der Waals surface area contributed by atoms with Crippen molar-refractivity contribution < 1.29 is 14.3 Å². The molecule has 0 spiro atoms. The summed E-state index contributed by atoms with van der Waals surface area (Å²) in [4.78, 5) is 12.2. The Morgan fingerprint density at radius 3 is 2.70 bits per heavy atom. The van der Waals surface area contributed by atoms with Gasteiger partial charge in [0.1, 0.15) is 5.75 Å². The third kappa shape index (κ3) is 4.61. The molecule has 0 unspecified atom stereocenters. The number of urea groups is 1. The molecule has 23 heavy (non-hydrogen) atoms. The van der Waals surface area contributed by atoms with E-state index in [1.165, 1.54) is 12.8 Å². The first-order valence-corrected chi connectivity index (χ1v) is 8.52. The van der Waals surface area contributed by atoms with Crippen molar-refractivity contribution in [3.63, 3.8) is 0 Å². The summed E-state index contributed by atoms with van der Waals surface area (Å²) in [6.07, 6.45) is 4.57. The summed E-state index contributed by atoms with van der Waals surface area (Å²) in [5, 5.41) is 6.14. The van der Waals surface area contributed by atoms with Crippen LogP contribution in [0.2, 0.25) is 0 Å². The summed E-state index contributed by atoms with van der Waals surface area (Å²) in [6, 6.07) is 7.98. The Morgan fingerprint density at radius 1 is 1.30 bits per heavy atom. The zero-order chi connectivity index (χ0) is 16.1. The number of benzene rings is 1. The minimum Gasteiger partial charge on any atom is -0.497 e. The van der Waals surface area contributed by atoms with Crippen molar-refractivity contribution in [3.8, 4) is 5.75 Å². The molecule has 0 radical (unpaired) electrons. The molecule has 1 heterocycles. The number of hydrogen-bond acceptors (Lipinski definition) is 3. The van der Waals surface area contributed by atoms with E-state index in [1.54, 1.807) is 7.11 Å². The molecule has 2 aliphatic rings. The highest BCUT2D eigenvalue weighted by molar-refractivity contribution is 5.74. The molecule has 3 rings (SSSR count). The van der Waals surface area contributed by atoms with Crippen LogP contribution in [-0.2, 0) is 4.74 Å². The molecule has 0 aromatic heterocycles. The molecule has 126 valence electrons. The summed E-state index contributed by atoms with van der Waals surface area (Å²) in [5.41, 5.74) is 1.14. The predicted molar refractivity (Wildman–Crippen MR) is 88.5 cm³/mol. The fourth-order valence-corrected chi connectivity index (χ4v) is 3.11. The Morgan fingerprint density at radius 2 is 2.09 bits per heavy atom. The number of ether oxygens (including phenoxy) is 2. The molecule has 1 aliphatic carbocycles. The molecule has 0 bridgehead atoms. The molecule has 1 aromatic rings. The largest absolute Gasteiger partial charge is 0.497 e. The Bertz CT molecular complexity index is 508. The van der Waals surface area contributed by atoms with Crippen LogP contribution in [0.5, 0.6) is 5.75 Å². The monoisotopic (exact) mass is 318 g/mol. The molecule has 1 aliphatic heterocycles. The van der Waals surface area contributed by atoms with Crippen molar-refractivity contribution >= 4 is 6.03 Å². The van der Waals surface area contributed by atoms with Gasteiger partial charge in [0, 0.05) is 13.2 Å². The van der Waals surface area contributed by atoms with Gasteiger partial charge in [-0.2, -0.15) is 0 Å². The van der Waals surface area contributed by atoms with Crippen LogP contribution in [0.1, 0.15) is 37.3 Å². The first-order chi connectivity index (χ1) is 11.3. The van der Waals surface area contributed by atoms with Crippen molar-refractivity contribution in [3.05, 3.63) is 29.8 Å². The first-order valence-electron chi connectivity index (χ1n) is 8.52. The summed E-state index contributed by atoms with van der Waals surface area (Å²) in [7, 11) is 1.66. The quantitative estimate of drug-likeness (QED) is 0.848. The van der Waals surface area contributed by atoms with Gasteiger partial charge in [-0.1, -0.05) is 12.1 Å². The standard InChI is InChI=1S/C18H26N2O3/c1-22-16-8-6-15(7-9-16)17(14-4-5-14)20-18(21)19-11-13-3-2-10-23-12-13/h6-9,13-14,17H,2-5,10-12H2,1H3,(H2,19,20,21)/t13-,17-/m0/s1. The number of carbonyl (C=O) groups is 1. The zero-order valence-electron chi connectivity index (χ0n) is 13.7. The van der Waals surface area contributed by atoms with E-state index in [4.69, 9.17) is 9.47 Å². The summed E-state index contributed by atoms with van der Waals surface area (Å²) in [6.45, 7) is 2.29. The molecule has 2 fully saturated rings. The van der Waals surface area contributed by atoms with Gasteiger partial charge < -0.3 is 20.1 Å². The smallest absolute Gasteiger partial charge is 0.315 e. The van der Waals surface area contributed by atoms with E-state index in [1.807, 2.05) is 24.3 Å². The molecular weight excluding hydrogens is 292 g/mol. The Labute approximate surface area is 137 Å². The van der Waals surface area contributed by atoms with Crippen molar-refractivity contribution in [1.29, 1.82) is 0 Å². The maximum absolute atomic E-state index is 12.2. The highest BCUT2D eigenvalue weighted by Gasteiger charge is 2.33. The Kier molecular flexibility index (Phi) is 5.39. The van der Waals surface area contributed by atoms with Gasteiger partial charge in [-0.05, 0) is 55.2 Å². The van der Waals surface area contributed by atoms with E-state index >= 15 is 0 Å². The van der Waals surface area contributed by atoms with Gasteiger partial charge in [0.25, 0.3) is 0 Å². The molecule has 5 nitrogen and oxygen atoms in total. The van der Waals surface area contributed by atoms with Crippen LogP contribution >= 0.6 is 0 Å². The lowest BCUT2D eigenvalue weighted by atomic mass is 10.0. The summed E-state index contributed by atoms with van der Waals surface area (Å²) < 4.78 is 10.7. The molecule has 2 N–H and O–H groups in total. The highest BCUT2D eigenvalue weighted by atomic mass is 16.5. The fourth-order valence-electron chi connectivity index (χ4n) is 3.11. The SMILES string of the molecule is COc1ccc([C@@H](NC(=O)NC[C@@H]2CCCOC2)C2CC2)cc1. The second-order valence-electron chi connectivity index (χ2n) is 6.53. The second kappa shape index (κ2) is 7.68. The second-order valence-corrected chi connectivity index (χ2v) is 6.53. The third-order valence-corrected chi connectivity index (χ3v) is 4.66. The van der Waals surface area contributed by atoms with E-state index in [0.717, 1.165) is 37.4 Å². The van der Waals surface area contributed by atoms with E-state index in [2.05, 4.69) is 10.6 Å². The van der Waals surface area contributed by atoms with E-state index in [0.29, 0.717) is 18.4 Å². The number of amides is 2. The minimum atomic E-state index is -0.0803. The van der Waals surface area contributed by atoms with Crippen molar-refractivity contribution in [1.82, 2.24) is 10.6 Å². The van der Waals surface area contributed by atoms with Crippen LogP contribution in [0.4, 0.5) is 4.79 Å². The van der Waals surface area contributed by atoms with Crippen molar-refractivity contribution in [2.75, 3.05) is 26.9 Å². The molecular formula is C18H26N2O3. The Hall–Kier alpha value is -1.75. The number of nitrogens with one attached hydrogen (secondary N) is 2. The van der Waals surface area contributed by atoms with Crippen LogP contribution < -0.4 is 15.4 Å². The van der Waals surface area contributed by atoms with E-state index in [9.17, 15) is 4.79 Å². The van der Waals surface area contributed by atoms with Gasteiger partial charge in [0.2, 0.25) is 0 Å². The minimum absolute atomic E-state index is 0.0803. The van der Waals surface area contributed by atoms with Gasteiger partial charge >= 0.3 is 6.03 Å². The third-order valence-electron chi connectivity index (χ3n) is 4.66. The van der Waals surface area contributed by atoms with Gasteiger partial charge in [-0.15, -0.1) is 0 Å². The lowest BCUT2D eigenvalue weighted by molar-refractivity contribution is 0.0557. The van der Waals surface area contributed by atoms with Gasteiger partial charge in [0.15, 0.2) is 0 Å². The average molecular weight is 318 g/mol. The Balaban J connectivity index is 1.52. The van der Waals surface area contributed by atoms with E-state index < -0.39 is 0 Å². The van der Waals surface area contributed by atoms with Crippen LogP contribution in [0, 0.1) is 11.8 Å². The van der Waals surface area contributed by atoms with Crippen LogP contribution in [-0.4, -0.2) is 32.9 Å². The summed E-state index contributed by atoms with van der Waals surface area (Å²) >= 11 is 0. The van der Waals surface area contributed by atoms with Crippen molar-refractivity contribution in [2.45, 2.75) is 31.7 Å². The number of rotatable bonds is 6. The molecule has 1 saturated carbocycles. The highest BCUT2D eigenvalue weighted by Crippen LogP contribution is 2.41. The van der Waals surface area contributed by atoms with Gasteiger partial charge in [-0.25, -0.2) is 4.79 Å². The predicted octanol–water partition coefficient (Wildman–Crippen LogP) is 2.87. The fraction of sp³-hybridized carbons (Fsp3) is 0.611. The van der Waals surface area contributed by atoms with Crippen LogP contribution in [0.25, 0.3) is 0 Å². The molecule has 2 amide bonds. The lowest BCUT2D eigenvalue weighted by Crippen LogP contribution is -2.42. The normalized spacial score (nSPS) is 22.2. The molecule has 2 atom stereocenters. The van der Waals surface area contributed by atoms with Crippen LogP contribution in [0.3, 0.4) is 0 Å². The van der Waals surface area contributed by atoms with Crippen LogP contribution in [0.15, 0.2) is 24.3 Å². The summed E-state index contributed by atoms with van der Waals surface area (Å²) in [5.74, 6) is 1.83. The molecule has 1 aromatic carbocycles. The molecule has 5 heteroatoms. The topological polar surface area (TPSA) is 59.6 Å². The van der Waals surface area contributed by atoms with Crippen molar-refractivity contribution in [2.24, 2.45) is 11.8 Å². The van der Waals surface area contributed by atoms with Gasteiger partial charge in [0.05, 0.1) is 19.8 Å². The van der Waals surface area contributed by atoms with Gasteiger partial charge in [-0.3, -0.25) is 0 Å². The number of methoxy groups -OCH3 is 1. The first kappa shape index (κ1) is 16.1. The zero-order valence-corrected chi connectivity index (χ0v) is 13.7.